The largest absolute Gasteiger partial charge is 0.444 e. The molecule has 0 radical (unpaired) electrons. The molecule has 4 heteroatoms. The second-order valence-corrected chi connectivity index (χ2v) is 4.96. The summed E-state index contributed by atoms with van der Waals surface area (Å²) >= 11 is 0. The molecule has 1 aliphatic rings. The summed E-state index contributed by atoms with van der Waals surface area (Å²) < 4.78 is 5.32. The lowest BCUT2D eigenvalue weighted by atomic mass is 10.1. The summed E-state index contributed by atoms with van der Waals surface area (Å²) in [7, 11) is 0. The van der Waals surface area contributed by atoms with Crippen LogP contribution in [0.5, 0.6) is 0 Å². The normalized spacial score (nSPS) is 20.7. The first-order valence-electron chi connectivity index (χ1n) is 5.63. The van der Waals surface area contributed by atoms with E-state index in [4.69, 9.17) is 4.74 Å². The molecule has 0 aromatic carbocycles. The van der Waals surface area contributed by atoms with Crippen LogP contribution >= 0.6 is 0 Å². The Balaban J connectivity index is 2.39. The van der Waals surface area contributed by atoms with Crippen LogP contribution < -0.4 is 5.32 Å². The van der Waals surface area contributed by atoms with Gasteiger partial charge < -0.3 is 15.0 Å². The number of hydrogen-bond acceptors (Lipinski definition) is 3. The van der Waals surface area contributed by atoms with E-state index in [0.717, 1.165) is 19.5 Å². The zero-order valence-electron chi connectivity index (χ0n) is 10.2. The number of likely N-dealkylation sites (N-methyl/N-ethyl adjacent to an activating group) is 1. The summed E-state index contributed by atoms with van der Waals surface area (Å²) in [5.74, 6) is 0. The maximum atomic E-state index is 11.7. The highest BCUT2D eigenvalue weighted by molar-refractivity contribution is 5.68. The van der Waals surface area contributed by atoms with Crippen LogP contribution in [0, 0.1) is 0 Å². The van der Waals surface area contributed by atoms with Crippen molar-refractivity contribution >= 4 is 6.09 Å². The fraction of sp³-hybridized carbons (Fsp3) is 0.909. The monoisotopic (exact) mass is 214 g/mol. The van der Waals surface area contributed by atoms with Crippen LogP contribution in [0.2, 0.25) is 0 Å². The fourth-order valence-corrected chi connectivity index (χ4v) is 1.43. The van der Waals surface area contributed by atoms with E-state index >= 15 is 0 Å². The highest BCUT2D eigenvalue weighted by Crippen LogP contribution is 2.11. The fourth-order valence-electron chi connectivity index (χ4n) is 1.43. The second kappa shape index (κ2) is 4.84. The van der Waals surface area contributed by atoms with Crippen molar-refractivity contribution in [3.63, 3.8) is 0 Å². The predicted molar refractivity (Wildman–Crippen MR) is 59.9 cm³/mol. The van der Waals surface area contributed by atoms with Crippen LogP contribution in [0.25, 0.3) is 0 Å². The molecular formula is C11H22N2O2. The van der Waals surface area contributed by atoms with Gasteiger partial charge in [-0.05, 0) is 40.7 Å². The Bertz CT molecular complexity index is 219. The minimum Gasteiger partial charge on any atom is -0.444 e. The molecule has 0 spiro atoms. The summed E-state index contributed by atoms with van der Waals surface area (Å²) in [5.41, 5.74) is -0.405. The summed E-state index contributed by atoms with van der Waals surface area (Å²) in [4.78, 5) is 13.5. The van der Waals surface area contributed by atoms with Crippen molar-refractivity contribution in [3.05, 3.63) is 0 Å². The molecule has 1 unspecified atom stereocenters. The smallest absolute Gasteiger partial charge is 0.410 e. The van der Waals surface area contributed by atoms with Crippen molar-refractivity contribution in [2.45, 2.75) is 45.8 Å². The molecule has 88 valence electrons. The van der Waals surface area contributed by atoms with Crippen LogP contribution in [-0.4, -0.2) is 42.3 Å². The Hall–Kier alpha value is -0.770. The summed E-state index contributed by atoms with van der Waals surface area (Å²) in [6.45, 7) is 10.2. The number of hydrogen-bond donors (Lipinski definition) is 1. The van der Waals surface area contributed by atoms with Crippen molar-refractivity contribution in [2.24, 2.45) is 0 Å². The molecule has 0 aromatic heterocycles. The number of nitrogens with zero attached hydrogens (tertiary/aromatic N) is 1. The van der Waals surface area contributed by atoms with Crippen molar-refractivity contribution in [2.75, 3.05) is 19.6 Å². The number of carbonyl (C=O) groups is 1. The molecule has 0 saturated carbocycles. The zero-order chi connectivity index (χ0) is 11.5. The molecule has 0 bridgehead atoms. The van der Waals surface area contributed by atoms with Gasteiger partial charge in [-0.25, -0.2) is 4.79 Å². The maximum Gasteiger partial charge on any atom is 0.410 e. The van der Waals surface area contributed by atoms with Gasteiger partial charge in [0.2, 0.25) is 0 Å². The Morgan fingerprint density at radius 2 is 2.13 bits per heavy atom. The van der Waals surface area contributed by atoms with Gasteiger partial charge in [-0.3, -0.25) is 0 Å². The van der Waals surface area contributed by atoms with Crippen molar-refractivity contribution in [1.29, 1.82) is 0 Å². The van der Waals surface area contributed by atoms with Crippen LogP contribution in [0.1, 0.15) is 34.1 Å². The number of nitrogens with one attached hydrogen (secondary N) is 1. The summed E-state index contributed by atoms with van der Waals surface area (Å²) in [5, 5.41) is 3.28. The van der Waals surface area contributed by atoms with Gasteiger partial charge >= 0.3 is 6.09 Å². The van der Waals surface area contributed by atoms with Gasteiger partial charge in [0, 0.05) is 19.1 Å². The second-order valence-electron chi connectivity index (χ2n) is 4.96. The lowest BCUT2D eigenvalue weighted by Gasteiger charge is -2.34. The molecule has 0 aliphatic carbocycles. The summed E-state index contributed by atoms with van der Waals surface area (Å²) in [6, 6.07) is 0.456. The minimum absolute atomic E-state index is 0.210. The molecule has 1 atom stereocenters. The van der Waals surface area contributed by atoms with Gasteiger partial charge in [0.05, 0.1) is 0 Å². The molecule has 1 N–H and O–H groups in total. The van der Waals surface area contributed by atoms with E-state index in [-0.39, 0.29) is 6.09 Å². The van der Waals surface area contributed by atoms with Gasteiger partial charge in [-0.15, -0.1) is 0 Å². The molecule has 1 amide bonds. The highest BCUT2D eigenvalue weighted by Gasteiger charge is 2.25. The van der Waals surface area contributed by atoms with Crippen LogP contribution in [0.3, 0.4) is 0 Å². The lowest BCUT2D eigenvalue weighted by molar-refractivity contribution is 0.0227. The van der Waals surface area contributed by atoms with E-state index in [2.05, 4.69) is 5.32 Å². The summed E-state index contributed by atoms with van der Waals surface area (Å²) in [6.07, 6.45) is 0.943. The Morgan fingerprint density at radius 3 is 2.47 bits per heavy atom. The molecule has 1 rings (SSSR count). The van der Waals surface area contributed by atoms with E-state index in [1.165, 1.54) is 0 Å². The predicted octanol–water partition coefficient (Wildman–Crippen LogP) is 1.61. The van der Waals surface area contributed by atoms with Crippen LogP contribution in [0.15, 0.2) is 0 Å². The Kier molecular flexibility index (Phi) is 3.97. The molecule has 1 fully saturated rings. The lowest BCUT2D eigenvalue weighted by Crippen LogP contribution is -2.52. The molecule has 1 aliphatic heterocycles. The first-order valence-corrected chi connectivity index (χ1v) is 5.63. The van der Waals surface area contributed by atoms with E-state index in [0.29, 0.717) is 12.6 Å². The SMILES string of the molecule is CCN(CC1CCN1)C(=O)OC(C)(C)C. The minimum atomic E-state index is -0.405. The van der Waals surface area contributed by atoms with E-state index in [9.17, 15) is 4.79 Å². The third kappa shape index (κ3) is 4.08. The molecule has 1 saturated heterocycles. The third-order valence-corrected chi connectivity index (χ3v) is 2.40. The quantitative estimate of drug-likeness (QED) is 0.776. The topological polar surface area (TPSA) is 41.6 Å². The number of carbonyl (C=O) groups excluding carboxylic acids is 1. The first kappa shape index (κ1) is 12.3. The Morgan fingerprint density at radius 1 is 1.53 bits per heavy atom. The standard InChI is InChI=1S/C11H22N2O2/c1-5-13(8-9-6-7-12-9)10(14)15-11(2,3)4/h9,12H,5-8H2,1-4H3. The third-order valence-electron chi connectivity index (χ3n) is 2.40. The van der Waals surface area contributed by atoms with E-state index in [1.54, 1.807) is 4.90 Å². The number of rotatable bonds is 3. The van der Waals surface area contributed by atoms with Gasteiger partial charge in [-0.1, -0.05) is 0 Å². The first-order chi connectivity index (χ1) is 6.92. The molecule has 0 aromatic rings. The molecule has 1 heterocycles. The average Bonchev–Trinajstić information content (AvgIpc) is 1.98. The zero-order valence-corrected chi connectivity index (χ0v) is 10.2. The van der Waals surface area contributed by atoms with Gasteiger partial charge in [0.15, 0.2) is 0 Å². The number of amides is 1. The van der Waals surface area contributed by atoms with Crippen molar-refractivity contribution in [1.82, 2.24) is 10.2 Å². The molecule has 15 heavy (non-hydrogen) atoms. The van der Waals surface area contributed by atoms with Gasteiger partial charge in [-0.2, -0.15) is 0 Å². The van der Waals surface area contributed by atoms with E-state index < -0.39 is 5.60 Å². The van der Waals surface area contributed by atoms with Gasteiger partial charge in [0.25, 0.3) is 0 Å². The van der Waals surface area contributed by atoms with Crippen molar-refractivity contribution < 1.29 is 9.53 Å². The van der Waals surface area contributed by atoms with E-state index in [1.807, 2.05) is 27.7 Å². The maximum absolute atomic E-state index is 11.7. The highest BCUT2D eigenvalue weighted by atomic mass is 16.6. The van der Waals surface area contributed by atoms with Crippen molar-refractivity contribution in [3.8, 4) is 0 Å². The Labute approximate surface area is 92.0 Å². The molecule has 4 nitrogen and oxygen atoms in total. The van der Waals surface area contributed by atoms with Gasteiger partial charge in [0.1, 0.15) is 5.60 Å². The molecular weight excluding hydrogens is 192 g/mol. The number of ether oxygens (including phenoxy) is 1. The van der Waals surface area contributed by atoms with Crippen LogP contribution in [-0.2, 0) is 4.74 Å². The average molecular weight is 214 g/mol. The van der Waals surface area contributed by atoms with Crippen LogP contribution in [0.4, 0.5) is 4.79 Å².